The van der Waals surface area contributed by atoms with Gasteiger partial charge in [0.25, 0.3) is 0 Å². The molecule has 17 heavy (non-hydrogen) atoms. The standard InChI is InChI=1S/C12H14N4S/c1-8-3-5-9(6-4-8)17-11-7-10(14-2)15-12(13)16-11/h3-7H,1-2H3,(H3,13,14,15,16). The average molecular weight is 246 g/mol. The number of nitrogen functional groups attached to an aromatic ring is 1. The number of benzene rings is 1. The van der Waals surface area contributed by atoms with Gasteiger partial charge >= 0.3 is 0 Å². The summed E-state index contributed by atoms with van der Waals surface area (Å²) < 4.78 is 0. The fourth-order valence-electron chi connectivity index (χ4n) is 1.35. The van der Waals surface area contributed by atoms with Crippen LogP contribution in [0.5, 0.6) is 0 Å². The highest BCUT2D eigenvalue weighted by Gasteiger charge is 2.03. The van der Waals surface area contributed by atoms with Gasteiger partial charge in [-0.2, -0.15) is 4.98 Å². The number of hydrogen-bond donors (Lipinski definition) is 2. The van der Waals surface area contributed by atoms with Crippen LogP contribution in [0.15, 0.2) is 40.3 Å². The number of aromatic nitrogens is 2. The maximum Gasteiger partial charge on any atom is 0.223 e. The second-order valence-corrected chi connectivity index (χ2v) is 4.71. The molecule has 0 amide bonds. The molecule has 0 saturated carbocycles. The van der Waals surface area contributed by atoms with Gasteiger partial charge in [0.2, 0.25) is 5.95 Å². The van der Waals surface area contributed by atoms with E-state index < -0.39 is 0 Å². The van der Waals surface area contributed by atoms with Crippen LogP contribution in [0.4, 0.5) is 11.8 Å². The van der Waals surface area contributed by atoms with E-state index in [-0.39, 0.29) is 5.95 Å². The molecule has 0 fully saturated rings. The monoisotopic (exact) mass is 246 g/mol. The normalized spacial score (nSPS) is 10.2. The Balaban J connectivity index is 2.23. The molecule has 0 bridgehead atoms. The predicted octanol–water partition coefficient (Wildman–Crippen LogP) is 2.56. The lowest BCUT2D eigenvalue weighted by Gasteiger charge is -2.05. The summed E-state index contributed by atoms with van der Waals surface area (Å²) in [5.74, 6) is 1.01. The number of nitrogens with one attached hydrogen (secondary N) is 1. The van der Waals surface area contributed by atoms with Gasteiger partial charge in [-0.25, -0.2) is 4.98 Å². The van der Waals surface area contributed by atoms with Crippen molar-refractivity contribution in [3.63, 3.8) is 0 Å². The molecule has 0 spiro atoms. The van der Waals surface area contributed by atoms with Gasteiger partial charge in [0.05, 0.1) is 0 Å². The number of hydrogen-bond acceptors (Lipinski definition) is 5. The SMILES string of the molecule is CNc1cc(Sc2ccc(C)cc2)nc(N)n1. The molecule has 1 aromatic heterocycles. The van der Waals surface area contributed by atoms with Crippen molar-refractivity contribution in [2.24, 2.45) is 0 Å². The predicted molar refractivity (Wildman–Crippen MR) is 71.3 cm³/mol. The van der Waals surface area contributed by atoms with Crippen LogP contribution in [0, 0.1) is 6.92 Å². The Morgan fingerprint density at radius 1 is 1.18 bits per heavy atom. The van der Waals surface area contributed by atoms with Crippen molar-refractivity contribution in [2.75, 3.05) is 18.1 Å². The summed E-state index contributed by atoms with van der Waals surface area (Å²) in [6, 6.07) is 10.2. The van der Waals surface area contributed by atoms with Crippen molar-refractivity contribution < 1.29 is 0 Å². The van der Waals surface area contributed by atoms with Crippen LogP contribution in [0.1, 0.15) is 5.56 Å². The Labute approximate surface area is 105 Å². The summed E-state index contributed by atoms with van der Waals surface area (Å²) in [6.45, 7) is 2.07. The van der Waals surface area contributed by atoms with Gasteiger partial charge in [0, 0.05) is 18.0 Å². The minimum atomic E-state index is 0.284. The Hall–Kier alpha value is -1.75. The molecule has 0 unspecified atom stereocenters. The van der Waals surface area contributed by atoms with Gasteiger partial charge < -0.3 is 11.1 Å². The first-order valence-electron chi connectivity index (χ1n) is 5.24. The molecule has 1 aromatic carbocycles. The first kappa shape index (κ1) is 11.7. The van der Waals surface area contributed by atoms with E-state index in [0.717, 1.165) is 15.7 Å². The largest absolute Gasteiger partial charge is 0.373 e. The quantitative estimate of drug-likeness (QED) is 0.815. The second-order valence-electron chi connectivity index (χ2n) is 3.61. The van der Waals surface area contributed by atoms with E-state index in [0.29, 0.717) is 0 Å². The zero-order valence-electron chi connectivity index (χ0n) is 9.77. The molecule has 5 heteroatoms. The Kier molecular flexibility index (Phi) is 3.49. The molecule has 2 rings (SSSR count). The van der Waals surface area contributed by atoms with Crippen LogP contribution in [0.25, 0.3) is 0 Å². The van der Waals surface area contributed by atoms with E-state index in [4.69, 9.17) is 5.73 Å². The smallest absolute Gasteiger partial charge is 0.223 e. The molecule has 0 saturated heterocycles. The third kappa shape index (κ3) is 3.10. The van der Waals surface area contributed by atoms with Crippen LogP contribution in [-0.4, -0.2) is 17.0 Å². The zero-order valence-corrected chi connectivity index (χ0v) is 10.6. The first-order chi connectivity index (χ1) is 8.17. The Morgan fingerprint density at radius 3 is 2.53 bits per heavy atom. The van der Waals surface area contributed by atoms with Crippen LogP contribution in [-0.2, 0) is 0 Å². The topological polar surface area (TPSA) is 63.8 Å². The molecule has 0 aliphatic carbocycles. The number of anilines is 2. The van der Waals surface area contributed by atoms with Crippen molar-refractivity contribution in [3.05, 3.63) is 35.9 Å². The lowest BCUT2D eigenvalue weighted by Crippen LogP contribution is -2.00. The minimum Gasteiger partial charge on any atom is -0.373 e. The van der Waals surface area contributed by atoms with Crippen LogP contribution >= 0.6 is 11.8 Å². The van der Waals surface area contributed by atoms with Gasteiger partial charge in [-0.1, -0.05) is 29.5 Å². The summed E-state index contributed by atoms with van der Waals surface area (Å²) in [4.78, 5) is 9.37. The lowest BCUT2D eigenvalue weighted by atomic mass is 10.2. The van der Waals surface area contributed by atoms with Crippen molar-refractivity contribution in [1.29, 1.82) is 0 Å². The van der Waals surface area contributed by atoms with Crippen LogP contribution < -0.4 is 11.1 Å². The van der Waals surface area contributed by atoms with E-state index in [2.05, 4.69) is 46.5 Å². The van der Waals surface area contributed by atoms with Gasteiger partial charge in [0.15, 0.2) is 0 Å². The van der Waals surface area contributed by atoms with E-state index in [1.807, 2.05) is 13.1 Å². The minimum absolute atomic E-state index is 0.284. The fourth-order valence-corrected chi connectivity index (χ4v) is 2.17. The van der Waals surface area contributed by atoms with E-state index in [9.17, 15) is 0 Å². The van der Waals surface area contributed by atoms with Gasteiger partial charge in [-0.3, -0.25) is 0 Å². The number of aryl methyl sites for hydroxylation is 1. The molecule has 2 aromatic rings. The molecular formula is C12H14N4S. The maximum absolute atomic E-state index is 5.64. The molecular weight excluding hydrogens is 232 g/mol. The molecule has 88 valence electrons. The van der Waals surface area contributed by atoms with Gasteiger partial charge in [-0.15, -0.1) is 0 Å². The highest BCUT2D eigenvalue weighted by Crippen LogP contribution is 2.27. The summed E-state index contributed by atoms with van der Waals surface area (Å²) >= 11 is 1.57. The summed E-state index contributed by atoms with van der Waals surface area (Å²) in [7, 11) is 1.81. The summed E-state index contributed by atoms with van der Waals surface area (Å²) in [5.41, 5.74) is 6.88. The molecule has 3 N–H and O–H groups in total. The zero-order chi connectivity index (χ0) is 12.3. The molecule has 4 nitrogen and oxygen atoms in total. The number of rotatable bonds is 3. The van der Waals surface area contributed by atoms with E-state index >= 15 is 0 Å². The van der Waals surface area contributed by atoms with Gasteiger partial charge in [0.1, 0.15) is 10.8 Å². The number of nitrogens with zero attached hydrogens (tertiary/aromatic N) is 2. The lowest BCUT2D eigenvalue weighted by molar-refractivity contribution is 1.06. The van der Waals surface area contributed by atoms with Crippen LogP contribution in [0.2, 0.25) is 0 Å². The van der Waals surface area contributed by atoms with Crippen molar-refractivity contribution in [2.45, 2.75) is 16.8 Å². The average Bonchev–Trinajstić information content (AvgIpc) is 2.31. The third-order valence-corrected chi connectivity index (χ3v) is 3.15. The van der Waals surface area contributed by atoms with E-state index in [1.54, 1.807) is 11.8 Å². The molecule has 1 heterocycles. The second kappa shape index (κ2) is 5.05. The molecule has 0 radical (unpaired) electrons. The fraction of sp³-hybridized carbons (Fsp3) is 0.167. The number of nitrogens with two attached hydrogens (primary N) is 1. The Bertz CT molecular complexity index is 510. The Morgan fingerprint density at radius 2 is 1.88 bits per heavy atom. The third-order valence-electron chi connectivity index (χ3n) is 2.22. The van der Waals surface area contributed by atoms with Crippen molar-refractivity contribution in [3.8, 4) is 0 Å². The van der Waals surface area contributed by atoms with Gasteiger partial charge in [-0.05, 0) is 19.1 Å². The molecule has 0 aliphatic rings. The molecule has 0 atom stereocenters. The summed E-state index contributed by atoms with van der Waals surface area (Å²) in [6.07, 6.45) is 0. The molecule has 0 aliphatic heterocycles. The van der Waals surface area contributed by atoms with Crippen LogP contribution in [0.3, 0.4) is 0 Å². The van der Waals surface area contributed by atoms with Crippen molar-refractivity contribution in [1.82, 2.24) is 9.97 Å². The maximum atomic E-state index is 5.64. The first-order valence-corrected chi connectivity index (χ1v) is 6.06. The van der Waals surface area contributed by atoms with E-state index in [1.165, 1.54) is 5.56 Å². The highest BCUT2D eigenvalue weighted by molar-refractivity contribution is 7.99. The highest BCUT2D eigenvalue weighted by atomic mass is 32.2. The summed E-state index contributed by atoms with van der Waals surface area (Å²) in [5, 5.41) is 3.80. The van der Waals surface area contributed by atoms with Crippen molar-refractivity contribution >= 4 is 23.5 Å².